The highest BCUT2D eigenvalue weighted by molar-refractivity contribution is 6.03. The van der Waals surface area contributed by atoms with Crippen LogP contribution >= 0.6 is 0 Å². The van der Waals surface area contributed by atoms with E-state index < -0.39 is 29.9 Å². The van der Waals surface area contributed by atoms with Gasteiger partial charge >= 0.3 is 18.0 Å². The van der Waals surface area contributed by atoms with Gasteiger partial charge in [-0.25, -0.2) is 14.4 Å². The average molecular weight is 435 g/mol. The number of hydrogen-bond donors (Lipinski definition) is 2. The first-order valence-electron chi connectivity index (χ1n) is 9.91. The molecule has 0 spiro atoms. The lowest BCUT2D eigenvalue weighted by Crippen LogP contribution is -2.49. The number of nitrogens with zero attached hydrogens (tertiary/aromatic N) is 1. The smallest absolute Gasteiger partial charge is 0.339 e. The molecule has 2 aliphatic rings. The minimum absolute atomic E-state index is 0.101. The number of anilines is 1. The molecule has 0 bridgehead atoms. The Morgan fingerprint density at radius 2 is 1.88 bits per heavy atom. The zero-order valence-corrected chi connectivity index (χ0v) is 17.5. The predicted molar refractivity (Wildman–Crippen MR) is 114 cm³/mol. The van der Waals surface area contributed by atoms with E-state index in [1.165, 1.54) is 18.1 Å². The number of urea groups is 1. The Morgan fingerprint density at radius 1 is 1.16 bits per heavy atom. The Balaban J connectivity index is 1.58. The van der Waals surface area contributed by atoms with Crippen LogP contribution in [-0.4, -0.2) is 49.0 Å². The van der Waals surface area contributed by atoms with Crippen LogP contribution in [0.5, 0.6) is 0 Å². The van der Waals surface area contributed by atoms with Crippen LogP contribution < -0.4 is 10.6 Å². The molecule has 0 radical (unpaired) electrons. The number of cyclic esters (lactones) is 1. The normalized spacial score (nSPS) is 17.4. The number of nitrogens with one attached hydrogen (secondary N) is 2. The van der Waals surface area contributed by atoms with Gasteiger partial charge in [0.05, 0.1) is 35.7 Å². The van der Waals surface area contributed by atoms with E-state index in [0.717, 1.165) is 11.1 Å². The van der Waals surface area contributed by atoms with E-state index in [4.69, 9.17) is 9.47 Å². The Hall–Kier alpha value is -4.14. The van der Waals surface area contributed by atoms with Gasteiger partial charge in [0, 0.05) is 0 Å². The van der Waals surface area contributed by atoms with E-state index in [9.17, 15) is 19.2 Å². The van der Waals surface area contributed by atoms with Crippen LogP contribution in [-0.2, 0) is 19.1 Å². The van der Waals surface area contributed by atoms with Crippen molar-refractivity contribution in [2.45, 2.75) is 13.0 Å². The molecule has 0 saturated heterocycles. The van der Waals surface area contributed by atoms with Gasteiger partial charge in [-0.2, -0.15) is 0 Å². The van der Waals surface area contributed by atoms with Crippen LogP contribution in [0.15, 0.2) is 59.8 Å². The second kappa shape index (κ2) is 8.54. The summed E-state index contributed by atoms with van der Waals surface area (Å²) in [6.45, 7) is 1.48. The summed E-state index contributed by atoms with van der Waals surface area (Å²) in [5, 5.41) is 5.41. The number of para-hydroxylation sites is 1. The van der Waals surface area contributed by atoms with E-state index >= 15 is 0 Å². The van der Waals surface area contributed by atoms with E-state index in [1.807, 2.05) is 31.2 Å². The van der Waals surface area contributed by atoms with Crippen molar-refractivity contribution in [2.24, 2.45) is 0 Å². The van der Waals surface area contributed by atoms with Crippen molar-refractivity contribution >= 4 is 29.6 Å². The second-order valence-corrected chi connectivity index (χ2v) is 7.40. The molecule has 1 atom stereocenters. The molecule has 4 rings (SSSR count). The summed E-state index contributed by atoms with van der Waals surface area (Å²) in [4.78, 5) is 51.1. The lowest BCUT2D eigenvalue weighted by atomic mass is 9.95. The maximum absolute atomic E-state index is 12.9. The Morgan fingerprint density at radius 3 is 2.59 bits per heavy atom. The maximum Gasteiger partial charge on any atom is 0.339 e. The molecule has 0 saturated carbocycles. The number of carbonyl (C=O) groups is 4. The maximum atomic E-state index is 12.9. The number of hydrogen-bond acceptors (Lipinski definition) is 6. The standard InChI is InChI=1S/C23H21N3O6/c1-13-7-9-14(10-8-13)20-19-17(12-32-22(19)29)26(23(30)25-20)11-18(27)24-16-6-4-3-5-15(16)21(28)31-2/h3-10,20H,11-12H2,1-2H3,(H,24,27)(H,25,30)/t20-/m1/s1. The van der Waals surface area contributed by atoms with Crippen LogP contribution in [0.1, 0.15) is 27.5 Å². The van der Waals surface area contributed by atoms with Crippen molar-refractivity contribution in [3.8, 4) is 0 Å². The third-order valence-electron chi connectivity index (χ3n) is 5.32. The van der Waals surface area contributed by atoms with Crippen LogP contribution in [0, 0.1) is 6.92 Å². The second-order valence-electron chi connectivity index (χ2n) is 7.40. The summed E-state index contributed by atoms with van der Waals surface area (Å²) in [5.41, 5.74) is 2.88. The quantitative estimate of drug-likeness (QED) is 0.697. The summed E-state index contributed by atoms with van der Waals surface area (Å²) in [6.07, 6.45) is 0. The molecule has 2 aromatic carbocycles. The number of rotatable bonds is 5. The fourth-order valence-corrected chi connectivity index (χ4v) is 3.70. The molecule has 2 heterocycles. The van der Waals surface area contributed by atoms with Crippen LogP contribution in [0.25, 0.3) is 0 Å². The molecule has 0 aromatic heterocycles. The van der Waals surface area contributed by atoms with Gasteiger partial charge in [-0.3, -0.25) is 9.69 Å². The average Bonchev–Trinajstić information content (AvgIpc) is 3.17. The third kappa shape index (κ3) is 3.92. The first-order valence-corrected chi connectivity index (χ1v) is 9.91. The van der Waals surface area contributed by atoms with Crippen molar-refractivity contribution in [3.05, 3.63) is 76.5 Å². The molecule has 2 N–H and O–H groups in total. The minimum Gasteiger partial charge on any atom is -0.465 e. The SMILES string of the molecule is COC(=O)c1ccccc1NC(=O)CN1C(=O)N[C@H](c2ccc(C)cc2)C2=C1COC2=O. The monoisotopic (exact) mass is 435 g/mol. The molecule has 9 heteroatoms. The number of methoxy groups -OCH3 is 1. The Labute approximate surface area is 184 Å². The molecule has 32 heavy (non-hydrogen) atoms. The fraction of sp³-hybridized carbons (Fsp3) is 0.217. The number of ether oxygens (including phenoxy) is 2. The lowest BCUT2D eigenvalue weighted by Gasteiger charge is -2.32. The first-order chi connectivity index (χ1) is 15.4. The molecule has 0 aliphatic carbocycles. The number of aryl methyl sites for hydroxylation is 1. The number of esters is 2. The summed E-state index contributed by atoms with van der Waals surface area (Å²) in [5.74, 6) is -1.68. The highest BCUT2D eigenvalue weighted by atomic mass is 16.5. The van der Waals surface area contributed by atoms with Gasteiger partial charge in [0.2, 0.25) is 5.91 Å². The summed E-state index contributed by atoms with van der Waals surface area (Å²) >= 11 is 0. The van der Waals surface area contributed by atoms with E-state index in [2.05, 4.69) is 10.6 Å². The molecule has 2 aromatic rings. The van der Waals surface area contributed by atoms with Gasteiger partial charge in [-0.05, 0) is 24.6 Å². The first kappa shape index (κ1) is 21.1. The largest absolute Gasteiger partial charge is 0.465 e. The number of benzene rings is 2. The van der Waals surface area contributed by atoms with Crippen molar-refractivity contribution in [2.75, 3.05) is 25.6 Å². The zero-order valence-electron chi connectivity index (χ0n) is 17.5. The molecule has 2 aliphatic heterocycles. The van der Waals surface area contributed by atoms with Crippen molar-refractivity contribution in [1.82, 2.24) is 10.2 Å². The highest BCUT2D eigenvalue weighted by Crippen LogP contribution is 2.35. The molecular weight excluding hydrogens is 414 g/mol. The van der Waals surface area contributed by atoms with E-state index in [0.29, 0.717) is 11.3 Å². The van der Waals surface area contributed by atoms with Crippen LogP contribution in [0.4, 0.5) is 10.5 Å². The van der Waals surface area contributed by atoms with Crippen molar-refractivity contribution < 1.29 is 28.7 Å². The van der Waals surface area contributed by atoms with Gasteiger partial charge < -0.3 is 20.1 Å². The van der Waals surface area contributed by atoms with Gasteiger partial charge in [0.25, 0.3) is 0 Å². The minimum atomic E-state index is -0.660. The summed E-state index contributed by atoms with van der Waals surface area (Å²) in [6, 6.07) is 12.6. The molecule has 0 unspecified atom stereocenters. The van der Waals surface area contributed by atoms with E-state index in [-0.39, 0.29) is 24.4 Å². The Bertz CT molecular complexity index is 1140. The number of carbonyl (C=O) groups excluding carboxylic acids is 4. The molecular formula is C23H21N3O6. The van der Waals surface area contributed by atoms with Gasteiger partial charge in [-0.1, -0.05) is 42.0 Å². The topological polar surface area (TPSA) is 114 Å². The lowest BCUT2D eigenvalue weighted by molar-refractivity contribution is -0.136. The zero-order chi connectivity index (χ0) is 22.8. The van der Waals surface area contributed by atoms with Crippen LogP contribution in [0.3, 0.4) is 0 Å². The molecule has 0 fully saturated rings. The van der Waals surface area contributed by atoms with Crippen molar-refractivity contribution in [1.29, 1.82) is 0 Å². The van der Waals surface area contributed by atoms with Gasteiger partial charge in [0.1, 0.15) is 13.2 Å². The van der Waals surface area contributed by atoms with Crippen LogP contribution in [0.2, 0.25) is 0 Å². The fourth-order valence-electron chi connectivity index (χ4n) is 3.70. The Kier molecular flexibility index (Phi) is 5.63. The summed E-state index contributed by atoms with van der Waals surface area (Å²) in [7, 11) is 1.24. The molecule has 164 valence electrons. The van der Waals surface area contributed by atoms with Gasteiger partial charge in [-0.15, -0.1) is 0 Å². The molecule has 3 amide bonds. The number of amides is 3. The highest BCUT2D eigenvalue weighted by Gasteiger charge is 2.42. The third-order valence-corrected chi connectivity index (χ3v) is 5.32. The molecule has 9 nitrogen and oxygen atoms in total. The van der Waals surface area contributed by atoms with E-state index in [1.54, 1.807) is 18.2 Å². The summed E-state index contributed by atoms with van der Waals surface area (Å²) < 4.78 is 9.91. The van der Waals surface area contributed by atoms with Crippen molar-refractivity contribution in [3.63, 3.8) is 0 Å². The van der Waals surface area contributed by atoms with Gasteiger partial charge in [0.15, 0.2) is 0 Å². The predicted octanol–water partition coefficient (Wildman–Crippen LogP) is 2.30.